The second-order valence-corrected chi connectivity index (χ2v) is 30.6. The first-order chi connectivity index (χ1) is 52.5. The first kappa shape index (κ1) is 106. The molecule has 0 radical (unpaired) electrons. The number of ketones is 1. The van der Waals surface area contributed by atoms with Gasteiger partial charge in [0.05, 0.1) is 113 Å². The molecule has 0 aliphatic heterocycles. The summed E-state index contributed by atoms with van der Waals surface area (Å²) >= 11 is 43.4. The van der Waals surface area contributed by atoms with Gasteiger partial charge in [-0.05, 0) is 40.6 Å². The van der Waals surface area contributed by atoms with Crippen molar-refractivity contribution in [2.75, 3.05) is 83.0 Å². The fourth-order valence-electron chi connectivity index (χ4n) is 5.90. The predicted octanol–water partition coefficient (Wildman–Crippen LogP) is 14.9. The van der Waals surface area contributed by atoms with Gasteiger partial charge >= 0.3 is 40.8 Å². The Balaban J connectivity index is 0.00000129. The van der Waals surface area contributed by atoms with Crippen LogP contribution in [0.5, 0.6) is 58.8 Å². The summed E-state index contributed by atoms with van der Waals surface area (Å²) in [6, 6.07) is 8.32. The fourth-order valence-corrected chi connectivity index (χ4v) is 8.76. The maximum Gasteiger partial charge on any atom is 0.450 e. The smallest absolute Gasteiger partial charge is 0.450 e. The third-order valence-electron chi connectivity index (χ3n) is 10.5. The first-order valence-electron chi connectivity index (χ1n) is 28.3. The van der Waals surface area contributed by atoms with Crippen LogP contribution in [0.25, 0.3) is 32.5 Å². The van der Waals surface area contributed by atoms with Crippen molar-refractivity contribution < 1.29 is 124 Å². The van der Waals surface area contributed by atoms with Crippen LogP contribution in [0.2, 0.25) is 5.15 Å². The third kappa shape index (κ3) is 40.8. The van der Waals surface area contributed by atoms with E-state index in [-0.39, 0.29) is 121 Å². The topological polar surface area (TPSA) is 435 Å². The molecule has 0 aliphatic rings. The molecular weight excluding hydrogens is 1880 g/mol. The molecule has 0 fully saturated rings. The van der Waals surface area contributed by atoms with Crippen LogP contribution >= 0.6 is 147 Å². The van der Waals surface area contributed by atoms with Crippen LogP contribution in [0.4, 0.5) is 52.7 Å². The lowest BCUT2D eigenvalue weighted by atomic mass is 10.4. The highest BCUT2D eigenvalue weighted by Crippen LogP contribution is 2.61. The van der Waals surface area contributed by atoms with Crippen molar-refractivity contribution in [1.82, 2.24) is 74.8 Å². The Hall–Kier alpha value is -8.37. The molecule has 9 rings (SSSR count). The van der Waals surface area contributed by atoms with Crippen LogP contribution in [-0.2, 0) is 32.6 Å². The zero-order valence-electron chi connectivity index (χ0n) is 58.3. The molecule has 1 amide bonds. The number of ether oxygens (including phenoxy) is 11. The Kier molecular flexibility index (Phi) is 47.1. The number of alkyl halides is 13. The van der Waals surface area contributed by atoms with Gasteiger partial charge in [0.2, 0.25) is 76.2 Å². The molecule has 9 heterocycles. The summed E-state index contributed by atoms with van der Waals surface area (Å²) in [6.07, 6.45) is -18.2. The third-order valence-corrected chi connectivity index (χ3v) is 13.9. The summed E-state index contributed by atoms with van der Waals surface area (Å²) in [7, 11) is 14.1. The molecule has 0 saturated carbocycles. The quantitative estimate of drug-likeness (QED) is 0.0137. The molecule has 59 heteroatoms. The number of hydrogen-bond donors (Lipinski definition) is 3. The normalized spacial score (nSPS) is 10.5. The number of rotatable bonds is 18. The minimum absolute atomic E-state index is 0. The number of aromatic nitrogens is 15. The number of carbonyl (C=O) groups is 3. The Labute approximate surface area is 695 Å². The number of H-pyrrole nitrogens is 1. The van der Waals surface area contributed by atoms with Gasteiger partial charge in [-0.3, -0.25) is 18.9 Å². The van der Waals surface area contributed by atoms with Gasteiger partial charge in [0.15, 0.2) is 55.4 Å². The van der Waals surface area contributed by atoms with Crippen LogP contribution in [0, 0.1) is 0 Å². The highest BCUT2D eigenvalue weighted by Gasteiger charge is 2.38. The molecule has 0 aliphatic carbocycles. The average molecular weight is 1940 g/mol. The van der Waals surface area contributed by atoms with Crippen LogP contribution in [-0.4, -0.2) is 192 Å². The Morgan fingerprint density at radius 3 is 1.04 bits per heavy atom. The first-order valence-corrected chi connectivity index (χ1v) is 38.5. The molecule has 5 N–H and O–H groups in total. The molecular formula is C55H55BBrCl7F12N17O16PS4. The number of methoxy groups -OCH3 is 10. The maximum atomic E-state index is 12.5. The molecule has 0 saturated heterocycles. The van der Waals surface area contributed by atoms with Gasteiger partial charge < -0.3 is 68.6 Å². The summed E-state index contributed by atoms with van der Waals surface area (Å²) in [4.78, 5) is 97.1. The largest absolute Gasteiger partial charge is 0.481 e. The standard InChI is InChI=1S/C10H8F3N3O2S.C9H5ClF3N3OS.C9H6F3N3O2S.C9H12N2O4.C7H9N3O3.C7H9N3O2S.C3H2BrF3O.CH4.BCl3.Cl3OP/c1-17-6-3-7(18-2)16-8(15-6)9-14-5(4-19-9)10(11,12)13;1-17-6-2-5(10)15-7(16-6)8-14-4(3-18-8)9(11,12)13;1-17-6-2-5(16)14-7(15-6)8-13-4(3-18-8)9(10,11)12;1-4-15-9(12)8-10-6(13-2)5-7(11-8)14-3;1-12-4-3-5(13-2)10-7(9-4)6(8)11;1-11-4-3-5(12-2)10-7(9-4)6(8)13;4-1-2(8)3(5,6)7;;2-1(3)4;1-5(2,3)4/h3-4H,1-2H3;2-3H,1H3;2-3H,1H3,(H,14,15,16);5H,4H2,1-3H3;3H,1-2H3,(H2,8,11);3H,1-2H3,(H2,8,13);1H2;1H4;;. The number of halogens is 20. The number of nitrogens with zero attached hydrogens (tertiary/aromatic N) is 14. The molecule has 0 aromatic carbocycles. The van der Waals surface area contributed by atoms with Gasteiger partial charge in [0.1, 0.15) is 10.1 Å². The lowest BCUT2D eigenvalue weighted by Crippen LogP contribution is -2.23. The monoisotopic (exact) mass is 1930 g/mol. The highest BCUT2D eigenvalue weighted by atomic mass is 79.9. The van der Waals surface area contributed by atoms with E-state index in [0.717, 1.165) is 56.2 Å². The van der Waals surface area contributed by atoms with Crippen LogP contribution in [0.15, 0.2) is 57.3 Å². The van der Waals surface area contributed by atoms with E-state index in [1.807, 2.05) is 0 Å². The second-order valence-electron chi connectivity index (χ2n) is 18.1. The highest BCUT2D eigenvalue weighted by molar-refractivity contribution is 9.09. The van der Waals surface area contributed by atoms with Gasteiger partial charge in [-0.15, -0.1) is 34.0 Å². The molecule has 0 atom stereocenters. The summed E-state index contributed by atoms with van der Waals surface area (Å²) in [6.45, 7) is 1.97. The SMILES string of the molecule is C.CCOC(=O)c1nc(OC)cc(OC)n1.COc1cc(=O)[nH]c(-c2nc(C(F)(F)F)cs2)n1.COc1cc(Cl)nc(-c2nc(C(F)(F)F)cs2)n1.COc1cc(OC)nc(-c2nc(C(F)(F)F)cs2)n1.COc1cc(OC)nc(C(N)=O)n1.COc1cc(OC)nc(C(N)=S)n1.ClB(Cl)Cl.O=C(CBr)C(F)(F)F.O=P(Cl)(Cl)Cl. The molecule has 114 heavy (non-hydrogen) atoms. The number of nitrogens with one attached hydrogen (secondary N) is 1. The van der Waals surface area contributed by atoms with Crippen LogP contribution in [0.1, 0.15) is 58.5 Å². The summed E-state index contributed by atoms with van der Waals surface area (Å²) < 4.78 is 208. The number of Topliss-reactive ketones (excluding diaryl/α,β-unsaturated/α-hetero) is 1. The maximum absolute atomic E-state index is 12.5. The summed E-state index contributed by atoms with van der Waals surface area (Å²) in [5.74, 6) is -0.806. The van der Waals surface area contributed by atoms with Crippen molar-refractivity contribution >= 4 is 175 Å². The van der Waals surface area contributed by atoms with Gasteiger partial charge in [-0.1, -0.05) is 47.2 Å². The fraction of sp³-hybridized carbons (Fsp3) is 0.327. The number of amides is 1. The molecule has 33 nitrogen and oxygen atoms in total. The van der Waals surface area contributed by atoms with E-state index in [2.05, 4.69) is 124 Å². The molecule has 0 spiro atoms. The van der Waals surface area contributed by atoms with Crippen molar-refractivity contribution in [2.45, 2.75) is 39.1 Å². The number of thiazole rings is 3. The molecule has 9 aromatic heterocycles. The van der Waals surface area contributed by atoms with E-state index >= 15 is 0 Å². The van der Waals surface area contributed by atoms with Crippen LogP contribution in [0.3, 0.4) is 0 Å². The van der Waals surface area contributed by atoms with E-state index in [0.29, 0.717) is 11.8 Å². The molecule has 9 aromatic rings. The minimum Gasteiger partial charge on any atom is -0.481 e. The number of esters is 1. The molecule has 628 valence electrons. The Morgan fingerprint density at radius 1 is 0.491 bits per heavy atom. The van der Waals surface area contributed by atoms with Gasteiger partial charge in [0, 0.05) is 22.2 Å². The summed E-state index contributed by atoms with van der Waals surface area (Å²) in [5.41, 5.74) is 6.84. The van der Waals surface area contributed by atoms with Crippen molar-refractivity contribution in [1.29, 1.82) is 0 Å². The zero-order chi connectivity index (χ0) is 86.5. The predicted molar refractivity (Wildman–Crippen MR) is 404 cm³/mol. The number of nitrogens with two attached hydrogens (primary N) is 2. The Bertz CT molecular complexity index is 4490. The lowest BCUT2D eigenvalue weighted by molar-refractivity contribution is -0.167. The number of primary amides is 1. The van der Waals surface area contributed by atoms with Crippen molar-refractivity contribution in [3.63, 3.8) is 0 Å². The average Bonchev–Trinajstić information content (AvgIpc) is 1.68. The molecule has 0 unspecified atom stereocenters. The van der Waals surface area contributed by atoms with E-state index in [9.17, 15) is 76.4 Å². The zero-order valence-corrected chi connectivity index (χ0v) is 69.3. The minimum atomic E-state index is -4.68. The molecule has 0 bridgehead atoms. The van der Waals surface area contributed by atoms with E-state index in [4.69, 9.17) is 122 Å². The van der Waals surface area contributed by atoms with Crippen LogP contribution < -0.4 is 64.4 Å². The summed E-state index contributed by atoms with van der Waals surface area (Å²) in [5, 5.41) is -1.10. The van der Waals surface area contributed by atoms with Gasteiger partial charge in [-0.25, -0.2) is 24.7 Å². The van der Waals surface area contributed by atoms with E-state index in [1.54, 1.807) is 13.0 Å². The van der Waals surface area contributed by atoms with Crippen molar-refractivity contribution in [3.05, 3.63) is 103 Å². The number of thiocarbonyl (C=S) groups is 1. The van der Waals surface area contributed by atoms with Gasteiger partial charge in [0.25, 0.3) is 11.5 Å². The van der Waals surface area contributed by atoms with E-state index in [1.165, 1.54) is 95.4 Å². The van der Waals surface area contributed by atoms with Crippen molar-refractivity contribution in [2.24, 2.45) is 11.5 Å². The van der Waals surface area contributed by atoms with Crippen molar-refractivity contribution in [3.8, 4) is 91.3 Å². The Morgan fingerprint density at radius 2 is 0.772 bits per heavy atom. The lowest BCUT2D eigenvalue weighted by Gasteiger charge is -2.05. The number of hydrogen-bond acceptors (Lipinski definition) is 34. The van der Waals surface area contributed by atoms with Gasteiger partial charge in [-0.2, -0.15) is 137 Å². The second kappa shape index (κ2) is 50.9. The number of aromatic amines is 1. The number of carbonyl (C=O) groups excluding carboxylic acids is 3. The van der Waals surface area contributed by atoms with E-state index < -0.39 is 80.5 Å².